The minimum Gasteiger partial charge on any atom is -0.391 e. The second kappa shape index (κ2) is 4.63. The van der Waals surface area contributed by atoms with Gasteiger partial charge in [-0.25, -0.2) is 0 Å². The molecule has 3 nitrogen and oxygen atoms in total. The van der Waals surface area contributed by atoms with Crippen molar-refractivity contribution in [3.63, 3.8) is 0 Å². The third-order valence-electron chi connectivity index (χ3n) is 4.69. The van der Waals surface area contributed by atoms with Gasteiger partial charge in [0.15, 0.2) is 0 Å². The zero-order valence-electron chi connectivity index (χ0n) is 9.98. The van der Waals surface area contributed by atoms with Crippen LogP contribution in [0.2, 0.25) is 0 Å². The Morgan fingerprint density at radius 2 is 1.62 bits per heavy atom. The fourth-order valence-corrected chi connectivity index (χ4v) is 3.51. The number of nitrogens with zero attached hydrogens (tertiary/aromatic N) is 1. The lowest BCUT2D eigenvalue weighted by Crippen LogP contribution is -2.49. The lowest BCUT2D eigenvalue weighted by molar-refractivity contribution is -0.0299. The van der Waals surface area contributed by atoms with Crippen molar-refractivity contribution in [3.05, 3.63) is 0 Å². The van der Waals surface area contributed by atoms with Crippen LogP contribution in [-0.2, 0) is 4.74 Å². The van der Waals surface area contributed by atoms with Crippen LogP contribution in [0.3, 0.4) is 0 Å². The predicted molar refractivity (Wildman–Crippen MR) is 62.3 cm³/mol. The number of rotatable bonds is 1. The molecule has 1 heterocycles. The first-order valence-electron chi connectivity index (χ1n) is 6.84. The van der Waals surface area contributed by atoms with Crippen LogP contribution in [-0.4, -0.2) is 48.5 Å². The number of aliphatic hydroxyl groups excluding tert-OH is 1. The fourth-order valence-electron chi connectivity index (χ4n) is 3.51. The molecular weight excluding hydrogens is 202 g/mol. The van der Waals surface area contributed by atoms with Gasteiger partial charge >= 0.3 is 0 Å². The molecule has 1 aliphatic heterocycles. The molecule has 0 aromatic rings. The first-order chi connectivity index (χ1) is 7.84. The summed E-state index contributed by atoms with van der Waals surface area (Å²) >= 11 is 0. The molecule has 3 aliphatic rings. The molecule has 3 heteroatoms. The van der Waals surface area contributed by atoms with Gasteiger partial charge in [-0.2, -0.15) is 0 Å². The lowest BCUT2D eigenvalue weighted by atomic mass is 9.93. The summed E-state index contributed by atoms with van der Waals surface area (Å²) in [5.41, 5.74) is 0. The van der Waals surface area contributed by atoms with Crippen LogP contribution >= 0.6 is 0 Å². The smallest absolute Gasteiger partial charge is 0.0695 e. The Hall–Kier alpha value is -0.120. The Bertz CT molecular complexity index is 240. The van der Waals surface area contributed by atoms with E-state index in [1.807, 2.05) is 0 Å². The maximum absolute atomic E-state index is 10.3. The van der Waals surface area contributed by atoms with Crippen molar-refractivity contribution in [2.45, 2.75) is 44.2 Å². The summed E-state index contributed by atoms with van der Waals surface area (Å²) in [5.74, 6) is 1.95. The largest absolute Gasteiger partial charge is 0.391 e. The van der Waals surface area contributed by atoms with Crippen LogP contribution in [0.1, 0.15) is 32.1 Å². The summed E-state index contributed by atoms with van der Waals surface area (Å²) in [5, 5.41) is 10.3. The van der Waals surface area contributed by atoms with E-state index in [2.05, 4.69) is 4.90 Å². The number of hydrogen-bond donors (Lipinski definition) is 1. The van der Waals surface area contributed by atoms with Crippen molar-refractivity contribution in [1.82, 2.24) is 4.90 Å². The molecule has 3 fully saturated rings. The van der Waals surface area contributed by atoms with Crippen molar-refractivity contribution in [2.24, 2.45) is 11.8 Å². The lowest BCUT2D eigenvalue weighted by Gasteiger charge is -2.38. The minimum absolute atomic E-state index is 0.0975. The maximum atomic E-state index is 10.3. The summed E-state index contributed by atoms with van der Waals surface area (Å²) < 4.78 is 5.39. The van der Waals surface area contributed by atoms with E-state index in [1.165, 1.54) is 25.7 Å². The zero-order chi connectivity index (χ0) is 11.0. The average Bonchev–Trinajstić information content (AvgIpc) is 3.04. The molecule has 92 valence electrons. The van der Waals surface area contributed by atoms with Gasteiger partial charge in [0.1, 0.15) is 0 Å². The molecule has 16 heavy (non-hydrogen) atoms. The Morgan fingerprint density at radius 1 is 0.938 bits per heavy atom. The molecule has 1 saturated heterocycles. The highest BCUT2D eigenvalue weighted by atomic mass is 16.5. The van der Waals surface area contributed by atoms with Crippen LogP contribution in [0.15, 0.2) is 0 Å². The van der Waals surface area contributed by atoms with Gasteiger partial charge in [0.25, 0.3) is 0 Å². The highest BCUT2D eigenvalue weighted by molar-refractivity contribution is 4.93. The molecule has 3 rings (SSSR count). The van der Waals surface area contributed by atoms with Gasteiger partial charge in [0.05, 0.1) is 19.3 Å². The third kappa shape index (κ3) is 2.27. The first kappa shape index (κ1) is 11.0. The van der Waals surface area contributed by atoms with Crippen molar-refractivity contribution in [1.29, 1.82) is 0 Å². The van der Waals surface area contributed by atoms with Gasteiger partial charge in [0.2, 0.25) is 0 Å². The normalized spacial score (nSPS) is 45.6. The highest BCUT2D eigenvalue weighted by Gasteiger charge is 2.40. The van der Waals surface area contributed by atoms with Crippen LogP contribution in [0.5, 0.6) is 0 Å². The number of morpholine rings is 1. The van der Waals surface area contributed by atoms with Crippen LogP contribution in [0.4, 0.5) is 0 Å². The van der Waals surface area contributed by atoms with Crippen molar-refractivity contribution in [2.75, 3.05) is 26.3 Å². The monoisotopic (exact) mass is 225 g/mol. The van der Waals surface area contributed by atoms with Gasteiger partial charge in [0, 0.05) is 19.1 Å². The quantitative estimate of drug-likeness (QED) is 0.729. The molecule has 2 saturated carbocycles. The fraction of sp³-hybridized carbons (Fsp3) is 1.00. The summed E-state index contributed by atoms with van der Waals surface area (Å²) in [6.07, 6.45) is 6.14. The molecule has 0 bridgehead atoms. The molecule has 0 spiro atoms. The molecule has 0 aromatic heterocycles. The number of hydrogen-bond acceptors (Lipinski definition) is 3. The summed E-state index contributed by atoms with van der Waals surface area (Å²) in [6.45, 7) is 3.70. The number of fused-ring (bicyclic) bond motifs is 1. The maximum Gasteiger partial charge on any atom is 0.0695 e. The molecular formula is C13H23NO2. The van der Waals surface area contributed by atoms with Crippen LogP contribution in [0.25, 0.3) is 0 Å². The summed E-state index contributed by atoms with van der Waals surface area (Å²) in [7, 11) is 0. The van der Waals surface area contributed by atoms with Crippen molar-refractivity contribution in [3.8, 4) is 0 Å². The Balaban J connectivity index is 1.61. The number of aliphatic hydroxyl groups is 1. The van der Waals surface area contributed by atoms with Crippen molar-refractivity contribution >= 4 is 0 Å². The average molecular weight is 225 g/mol. The van der Waals surface area contributed by atoms with E-state index >= 15 is 0 Å². The van der Waals surface area contributed by atoms with E-state index in [1.54, 1.807) is 0 Å². The van der Waals surface area contributed by atoms with Gasteiger partial charge in [-0.05, 0) is 43.9 Å². The Kier molecular flexibility index (Phi) is 3.18. The van der Waals surface area contributed by atoms with Crippen molar-refractivity contribution < 1.29 is 9.84 Å². The van der Waals surface area contributed by atoms with E-state index in [4.69, 9.17) is 4.74 Å². The summed E-state index contributed by atoms with van der Waals surface area (Å²) in [6, 6.07) is 0.408. The molecule has 2 aliphatic carbocycles. The van der Waals surface area contributed by atoms with Gasteiger partial charge < -0.3 is 9.84 Å². The molecule has 0 radical (unpaired) electrons. The van der Waals surface area contributed by atoms with Gasteiger partial charge in [-0.3, -0.25) is 4.90 Å². The van der Waals surface area contributed by atoms with E-state index < -0.39 is 0 Å². The molecule has 4 unspecified atom stereocenters. The predicted octanol–water partition coefficient (Wildman–Crippen LogP) is 1.26. The molecule has 0 amide bonds. The number of ether oxygens (including phenoxy) is 1. The van der Waals surface area contributed by atoms with E-state index in [0.29, 0.717) is 6.04 Å². The van der Waals surface area contributed by atoms with Gasteiger partial charge in [-0.1, -0.05) is 0 Å². The van der Waals surface area contributed by atoms with Gasteiger partial charge in [-0.15, -0.1) is 0 Å². The van der Waals surface area contributed by atoms with E-state index in [0.717, 1.165) is 44.6 Å². The third-order valence-corrected chi connectivity index (χ3v) is 4.69. The second-order valence-electron chi connectivity index (χ2n) is 5.69. The standard InChI is InChI=1S/C13H23NO2/c15-13-4-2-11-9-10(11)1-3-12(13)14-5-7-16-8-6-14/h10-13,15H,1-9H2. The second-order valence-corrected chi connectivity index (χ2v) is 5.69. The highest BCUT2D eigenvalue weighted by Crippen LogP contribution is 2.47. The zero-order valence-corrected chi connectivity index (χ0v) is 9.98. The molecule has 0 aromatic carbocycles. The first-order valence-corrected chi connectivity index (χ1v) is 6.84. The van der Waals surface area contributed by atoms with Crippen LogP contribution < -0.4 is 0 Å². The Labute approximate surface area is 97.8 Å². The Morgan fingerprint density at radius 3 is 2.38 bits per heavy atom. The van der Waals surface area contributed by atoms with E-state index in [9.17, 15) is 5.11 Å². The molecule has 1 N–H and O–H groups in total. The summed E-state index contributed by atoms with van der Waals surface area (Å²) in [4.78, 5) is 2.46. The van der Waals surface area contributed by atoms with Crippen LogP contribution in [0, 0.1) is 11.8 Å². The topological polar surface area (TPSA) is 32.7 Å². The molecule has 4 atom stereocenters. The SMILES string of the molecule is OC1CCC2CC2CCC1N1CCOCC1. The van der Waals surface area contributed by atoms with E-state index in [-0.39, 0.29) is 6.10 Å². The minimum atomic E-state index is -0.0975.